The van der Waals surface area contributed by atoms with E-state index in [2.05, 4.69) is 9.88 Å². The van der Waals surface area contributed by atoms with Crippen LogP contribution in [-0.2, 0) is 34.0 Å². The van der Waals surface area contributed by atoms with Gasteiger partial charge in [-0.2, -0.15) is 0 Å². The lowest BCUT2D eigenvalue weighted by Crippen LogP contribution is -2.46. The molecule has 3 aliphatic heterocycles. The Labute approximate surface area is 215 Å². The summed E-state index contributed by atoms with van der Waals surface area (Å²) in [6.07, 6.45) is -0.886. The van der Waals surface area contributed by atoms with Gasteiger partial charge in [0, 0.05) is 50.4 Å². The number of carbonyl (C=O) groups is 1. The fourth-order valence-electron chi connectivity index (χ4n) is 4.98. The molecule has 3 aliphatic rings. The zero-order valence-corrected chi connectivity index (χ0v) is 21.5. The average molecular weight is 516 g/mol. The molecule has 2 fully saturated rings. The molecule has 4 heterocycles. The standard InChI is InChI=1S/C26H34FN5O5/c1-16-24(33)20-15-36-26(2,3)35-14-19(20)22(29-16)13-30-6-8-31(9-7-30)23-5-4-17(10-21(23)27)32-12-18(11-28)37-25(32)34/h4-5,10,18,33H,6-9,11-15,28H2,1-3H3/t18-/m0/s1. The summed E-state index contributed by atoms with van der Waals surface area (Å²) in [7, 11) is 0. The number of anilines is 2. The molecular formula is C26H34FN5O5. The number of ether oxygens (including phenoxy) is 3. The van der Waals surface area contributed by atoms with Crippen LogP contribution < -0.4 is 15.5 Å². The minimum Gasteiger partial charge on any atom is -0.506 e. The summed E-state index contributed by atoms with van der Waals surface area (Å²) in [6.45, 7) is 9.94. The minimum absolute atomic E-state index is 0.157. The minimum atomic E-state index is -0.747. The Bertz CT molecular complexity index is 1180. The molecule has 1 amide bonds. The normalized spacial score (nSPS) is 22.1. The number of pyridine rings is 1. The van der Waals surface area contributed by atoms with E-state index in [0.717, 1.165) is 29.9 Å². The monoisotopic (exact) mass is 515 g/mol. The van der Waals surface area contributed by atoms with Crippen molar-refractivity contribution in [3.63, 3.8) is 0 Å². The van der Waals surface area contributed by atoms with Crippen molar-refractivity contribution in [3.05, 3.63) is 46.5 Å². The summed E-state index contributed by atoms with van der Waals surface area (Å²) in [5.74, 6) is -0.969. The molecule has 11 heteroatoms. The van der Waals surface area contributed by atoms with Gasteiger partial charge in [-0.25, -0.2) is 9.18 Å². The Morgan fingerprint density at radius 1 is 1.16 bits per heavy atom. The van der Waals surface area contributed by atoms with Crippen molar-refractivity contribution in [1.29, 1.82) is 0 Å². The number of carbonyl (C=O) groups excluding carboxylic acids is 1. The van der Waals surface area contributed by atoms with Gasteiger partial charge < -0.3 is 30.0 Å². The third-order valence-corrected chi connectivity index (χ3v) is 7.24. The van der Waals surface area contributed by atoms with Gasteiger partial charge in [0.05, 0.1) is 42.5 Å². The maximum Gasteiger partial charge on any atom is 0.414 e. The molecule has 37 heavy (non-hydrogen) atoms. The van der Waals surface area contributed by atoms with E-state index in [1.807, 2.05) is 18.7 Å². The fourth-order valence-corrected chi connectivity index (χ4v) is 4.98. The molecule has 200 valence electrons. The lowest BCUT2D eigenvalue weighted by Gasteiger charge is -2.36. The number of aromatic hydroxyl groups is 1. The van der Waals surface area contributed by atoms with Crippen LogP contribution in [0.5, 0.6) is 5.75 Å². The number of hydrogen-bond donors (Lipinski definition) is 2. The first kappa shape index (κ1) is 25.7. The molecule has 0 spiro atoms. The number of aromatic nitrogens is 1. The van der Waals surface area contributed by atoms with Crippen LogP contribution in [0.15, 0.2) is 18.2 Å². The molecule has 0 bridgehead atoms. The number of piperazine rings is 1. The lowest BCUT2D eigenvalue weighted by molar-refractivity contribution is -0.219. The Morgan fingerprint density at radius 3 is 2.51 bits per heavy atom. The second-order valence-electron chi connectivity index (χ2n) is 10.2. The summed E-state index contributed by atoms with van der Waals surface area (Å²) in [5, 5.41) is 10.6. The van der Waals surface area contributed by atoms with Crippen LogP contribution in [0.1, 0.15) is 36.4 Å². The fraction of sp³-hybridized carbons (Fsp3) is 0.538. The van der Waals surface area contributed by atoms with E-state index in [1.165, 1.54) is 11.0 Å². The van der Waals surface area contributed by atoms with E-state index in [-0.39, 0.29) is 30.8 Å². The molecule has 1 aromatic heterocycles. The van der Waals surface area contributed by atoms with Crippen LogP contribution in [0.4, 0.5) is 20.6 Å². The third kappa shape index (κ3) is 5.22. The van der Waals surface area contributed by atoms with E-state index >= 15 is 4.39 Å². The molecule has 1 atom stereocenters. The van der Waals surface area contributed by atoms with E-state index in [9.17, 15) is 9.90 Å². The molecule has 0 radical (unpaired) electrons. The van der Waals surface area contributed by atoms with Crippen molar-refractivity contribution < 1.29 is 28.5 Å². The van der Waals surface area contributed by atoms with Gasteiger partial charge in [-0.15, -0.1) is 0 Å². The van der Waals surface area contributed by atoms with Gasteiger partial charge in [0.15, 0.2) is 5.79 Å². The van der Waals surface area contributed by atoms with Crippen LogP contribution in [0, 0.1) is 12.7 Å². The molecule has 2 saturated heterocycles. The number of hydrogen-bond acceptors (Lipinski definition) is 9. The van der Waals surface area contributed by atoms with Crippen molar-refractivity contribution in [2.75, 3.05) is 49.1 Å². The molecule has 5 rings (SSSR count). The topological polar surface area (TPSA) is 114 Å². The number of fused-ring (bicyclic) bond motifs is 1. The summed E-state index contributed by atoms with van der Waals surface area (Å²) < 4.78 is 32.0. The molecule has 0 unspecified atom stereocenters. The predicted octanol–water partition coefficient (Wildman–Crippen LogP) is 2.62. The molecule has 0 saturated carbocycles. The van der Waals surface area contributed by atoms with Crippen LogP contribution in [0.25, 0.3) is 0 Å². The Hall–Kier alpha value is -2.99. The van der Waals surface area contributed by atoms with Crippen molar-refractivity contribution in [3.8, 4) is 5.75 Å². The Kier molecular flexibility index (Phi) is 6.97. The van der Waals surface area contributed by atoms with E-state index in [0.29, 0.717) is 49.9 Å². The molecule has 2 aromatic rings. The predicted molar refractivity (Wildman–Crippen MR) is 135 cm³/mol. The summed E-state index contributed by atoms with van der Waals surface area (Å²) >= 11 is 0. The quantitative estimate of drug-likeness (QED) is 0.620. The number of nitrogens with zero attached hydrogens (tertiary/aromatic N) is 4. The second-order valence-corrected chi connectivity index (χ2v) is 10.2. The molecule has 0 aliphatic carbocycles. The Balaban J connectivity index is 1.25. The second kappa shape index (κ2) is 10.1. The maximum atomic E-state index is 15.1. The van der Waals surface area contributed by atoms with Gasteiger partial charge >= 0.3 is 6.09 Å². The molecular weight excluding hydrogens is 481 g/mol. The Morgan fingerprint density at radius 2 is 1.86 bits per heavy atom. The van der Waals surface area contributed by atoms with Gasteiger partial charge in [-0.1, -0.05) is 0 Å². The highest BCUT2D eigenvalue weighted by Crippen LogP contribution is 2.34. The number of halogens is 1. The number of rotatable bonds is 5. The van der Waals surface area contributed by atoms with E-state index < -0.39 is 11.9 Å². The summed E-state index contributed by atoms with van der Waals surface area (Å²) in [5.41, 5.74) is 9.60. The number of cyclic esters (lactones) is 1. The molecule has 10 nitrogen and oxygen atoms in total. The average Bonchev–Trinajstić information content (AvgIpc) is 3.17. The van der Waals surface area contributed by atoms with Crippen molar-refractivity contribution >= 4 is 17.5 Å². The first-order valence-corrected chi connectivity index (χ1v) is 12.6. The highest BCUT2D eigenvalue weighted by molar-refractivity contribution is 5.90. The summed E-state index contributed by atoms with van der Waals surface area (Å²) in [6, 6.07) is 4.84. The maximum absolute atomic E-state index is 15.1. The largest absolute Gasteiger partial charge is 0.506 e. The van der Waals surface area contributed by atoms with E-state index in [1.54, 1.807) is 19.1 Å². The van der Waals surface area contributed by atoms with Crippen molar-refractivity contribution in [1.82, 2.24) is 9.88 Å². The van der Waals surface area contributed by atoms with Crippen molar-refractivity contribution in [2.24, 2.45) is 5.73 Å². The number of benzene rings is 1. The van der Waals surface area contributed by atoms with Gasteiger partial charge in [0.2, 0.25) is 0 Å². The third-order valence-electron chi connectivity index (χ3n) is 7.24. The lowest BCUT2D eigenvalue weighted by atomic mass is 10.0. The SMILES string of the molecule is Cc1nc(CN2CCN(c3ccc(N4C[C@H](CN)OC4=O)cc3F)CC2)c2c(c1O)COC(C)(C)OC2. The van der Waals surface area contributed by atoms with Crippen LogP contribution in [0.3, 0.4) is 0 Å². The first-order chi connectivity index (χ1) is 17.6. The molecule has 1 aromatic carbocycles. The smallest absolute Gasteiger partial charge is 0.414 e. The van der Waals surface area contributed by atoms with Crippen LogP contribution in [-0.4, -0.2) is 72.2 Å². The number of nitrogens with two attached hydrogens (primary N) is 1. The number of amides is 1. The van der Waals surface area contributed by atoms with Gasteiger partial charge in [0.1, 0.15) is 17.7 Å². The van der Waals surface area contributed by atoms with Crippen LogP contribution >= 0.6 is 0 Å². The van der Waals surface area contributed by atoms with Gasteiger partial charge in [0.25, 0.3) is 0 Å². The van der Waals surface area contributed by atoms with Crippen molar-refractivity contribution in [2.45, 2.75) is 52.4 Å². The van der Waals surface area contributed by atoms with Gasteiger partial charge in [-0.05, 0) is 39.0 Å². The van der Waals surface area contributed by atoms with Crippen LogP contribution in [0.2, 0.25) is 0 Å². The number of aryl methyl sites for hydroxylation is 1. The zero-order valence-electron chi connectivity index (χ0n) is 21.5. The molecule has 3 N–H and O–H groups in total. The highest BCUT2D eigenvalue weighted by Gasteiger charge is 2.33. The van der Waals surface area contributed by atoms with E-state index in [4.69, 9.17) is 19.9 Å². The summed E-state index contributed by atoms with van der Waals surface area (Å²) in [4.78, 5) is 22.4. The zero-order chi connectivity index (χ0) is 26.3. The van der Waals surface area contributed by atoms with Gasteiger partial charge in [-0.3, -0.25) is 14.8 Å². The highest BCUT2D eigenvalue weighted by atomic mass is 19.1. The first-order valence-electron chi connectivity index (χ1n) is 12.6.